The third-order valence-electron chi connectivity index (χ3n) is 5.78. The Kier molecular flexibility index (Phi) is 5.83. The molecule has 0 bridgehead atoms. The van der Waals surface area contributed by atoms with Crippen LogP contribution in [0.3, 0.4) is 0 Å². The van der Waals surface area contributed by atoms with E-state index in [1.54, 1.807) is 12.1 Å². The molecule has 1 amide bonds. The molecule has 1 saturated heterocycles. The first-order valence-corrected chi connectivity index (χ1v) is 11.7. The predicted octanol–water partition coefficient (Wildman–Crippen LogP) is 1.78. The molecule has 0 aliphatic carbocycles. The number of rotatable bonds is 5. The second kappa shape index (κ2) is 8.41. The smallest absolute Gasteiger partial charge is 0.253 e. The fourth-order valence-corrected chi connectivity index (χ4v) is 4.71. The summed E-state index contributed by atoms with van der Waals surface area (Å²) in [6.07, 6.45) is 0. The van der Waals surface area contributed by atoms with Gasteiger partial charge in [0, 0.05) is 52.9 Å². The van der Waals surface area contributed by atoms with E-state index in [0.29, 0.717) is 18.7 Å². The molecule has 164 valence electrons. The zero-order valence-corrected chi connectivity index (χ0v) is 18.8. The quantitative estimate of drug-likeness (QED) is 0.603. The summed E-state index contributed by atoms with van der Waals surface area (Å²) in [6.45, 7) is 3.52. The van der Waals surface area contributed by atoms with Gasteiger partial charge in [-0.25, -0.2) is 17.7 Å². The maximum Gasteiger partial charge on any atom is 0.253 e. The van der Waals surface area contributed by atoms with Crippen molar-refractivity contribution in [3.8, 4) is 0 Å². The molecular weight excluding hydrogens is 414 g/mol. The molecule has 0 atom stereocenters. The molecular formula is C22H27N5O3S. The van der Waals surface area contributed by atoms with Gasteiger partial charge >= 0.3 is 0 Å². The van der Waals surface area contributed by atoms with Crippen molar-refractivity contribution in [1.29, 1.82) is 0 Å². The van der Waals surface area contributed by atoms with Gasteiger partial charge in [0.15, 0.2) is 0 Å². The van der Waals surface area contributed by atoms with Gasteiger partial charge in [-0.15, -0.1) is 0 Å². The highest BCUT2D eigenvalue weighted by atomic mass is 32.2. The number of hydrogen-bond acceptors (Lipinski definition) is 5. The second-order valence-corrected chi connectivity index (χ2v) is 10.1. The number of carbonyl (C=O) groups is 1. The van der Waals surface area contributed by atoms with Gasteiger partial charge in [0.2, 0.25) is 10.0 Å². The maximum atomic E-state index is 12.9. The Morgan fingerprint density at radius 2 is 1.65 bits per heavy atom. The lowest BCUT2D eigenvalue weighted by Gasteiger charge is -2.34. The van der Waals surface area contributed by atoms with Crippen molar-refractivity contribution in [3.05, 3.63) is 59.9 Å². The molecule has 8 nitrogen and oxygen atoms in total. The monoisotopic (exact) mass is 441 g/mol. The number of imidazole rings is 1. The van der Waals surface area contributed by atoms with Gasteiger partial charge in [0.05, 0.1) is 22.5 Å². The van der Waals surface area contributed by atoms with Crippen LogP contribution in [0, 0.1) is 0 Å². The van der Waals surface area contributed by atoms with Gasteiger partial charge in [-0.05, 0) is 36.4 Å². The SMILES string of the molecule is CN(C)S(=O)(=O)c1ccc(C(=O)N2CCN(Cc3nc4ccccc4n3C)CC2)cc1. The number of piperazine rings is 1. The van der Waals surface area contributed by atoms with E-state index in [1.165, 1.54) is 26.2 Å². The Balaban J connectivity index is 1.38. The van der Waals surface area contributed by atoms with Crippen LogP contribution in [0.2, 0.25) is 0 Å². The standard InChI is InChI=1S/C22H27N5O3S/c1-24(2)31(29,30)18-10-8-17(9-11-18)22(28)27-14-12-26(13-15-27)16-21-23-19-6-4-5-7-20(19)25(21)3/h4-11H,12-16H2,1-3H3. The average Bonchev–Trinajstić information content (AvgIpc) is 3.09. The molecule has 1 fully saturated rings. The zero-order valence-electron chi connectivity index (χ0n) is 18.0. The Morgan fingerprint density at radius 1 is 1.00 bits per heavy atom. The van der Waals surface area contributed by atoms with Crippen LogP contribution in [0.25, 0.3) is 11.0 Å². The van der Waals surface area contributed by atoms with Crippen molar-refractivity contribution < 1.29 is 13.2 Å². The normalized spacial score (nSPS) is 15.7. The molecule has 2 heterocycles. The molecule has 2 aromatic carbocycles. The lowest BCUT2D eigenvalue weighted by molar-refractivity contribution is 0.0624. The van der Waals surface area contributed by atoms with E-state index in [1.807, 2.05) is 30.1 Å². The molecule has 0 saturated carbocycles. The molecule has 4 rings (SSSR count). The lowest BCUT2D eigenvalue weighted by Crippen LogP contribution is -2.48. The number of fused-ring (bicyclic) bond motifs is 1. The van der Waals surface area contributed by atoms with Crippen molar-refractivity contribution in [2.24, 2.45) is 7.05 Å². The van der Waals surface area contributed by atoms with Gasteiger partial charge in [-0.2, -0.15) is 0 Å². The summed E-state index contributed by atoms with van der Waals surface area (Å²) in [5, 5.41) is 0. The van der Waals surface area contributed by atoms with Crippen LogP contribution in [-0.4, -0.2) is 78.3 Å². The number of sulfonamides is 1. The summed E-state index contributed by atoms with van der Waals surface area (Å²) in [4.78, 5) is 21.9. The summed E-state index contributed by atoms with van der Waals surface area (Å²) < 4.78 is 27.7. The Morgan fingerprint density at radius 3 is 2.26 bits per heavy atom. The zero-order chi connectivity index (χ0) is 22.2. The van der Waals surface area contributed by atoms with Gasteiger partial charge in [-0.3, -0.25) is 9.69 Å². The fraction of sp³-hybridized carbons (Fsp3) is 0.364. The van der Waals surface area contributed by atoms with Crippen LogP contribution in [0.15, 0.2) is 53.4 Å². The number of carbonyl (C=O) groups excluding carboxylic acids is 1. The number of hydrogen-bond donors (Lipinski definition) is 0. The van der Waals surface area contributed by atoms with Crippen molar-refractivity contribution in [1.82, 2.24) is 23.7 Å². The number of aromatic nitrogens is 2. The number of nitrogens with zero attached hydrogens (tertiary/aromatic N) is 5. The number of amides is 1. The molecule has 31 heavy (non-hydrogen) atoms. The van der Waals surface area contributed by atoms with Crippen LogP contribution in [0.4, 0.5) is 0 Å². The molecule has 1 aliphatic heterocycles. The lowest BCUT2D eigenvalue weighted by atomic mass is 10.2. The number of para-hydroxylation sites is 2. The van der Waals surface area contributed by atoms with Crippen LogP contribution in [0.1, 0.15) is 16.2 Å². The third-order valence-corrected chi connectivity index (χ3v) is 7.61. The van der Waals surface area contributed by atoms with Crippen molar-refractivity contribution in [2.45, 2.75) is 11.4 Å². The summed E-state index contributed by atoms with van der Waals surface area (Å²) >= 11 is 0. The summed E-state index contributed by atoms with van der Waals surface area (Å²) in [6, 6.07) is 14.2. The Labute approximate surface area is 182 Å². The average molecular weight is 442 g/mol. The third kappa shape index (κ3) is 4.21. The molecule has 9 heteroatoms. The summed E-state index contributed by atoms with van der Waals surface area (Å²) in [5.41, 5.74) is 2.61. The molecule has 0 radical (unpaired) electrons. The van der Waals surface area contributed by atoms with E-state index >= 15 is 0 Å². The van der Waals surface area contributed by atoms with Crippen molar-refractivity contribution >= 4 is 27.0 Å². The summed E-state index contributed by atoms with van der Waals surface area (Å²) in [5.74, 6) is 0.940. The molecule has 1 aromatic heterocycles. The van der Waals surface area contributed by atoms with Crippen LogP contribution < -0.4 is 0 Å². The van der Waals surface area contributed by atoms with Gasteiger partial charge in [-0.1, -0.05) is 12.1 Å². The maximum absolute atomic E-state index is 12.9. The predicted molar refractivity (Wildman–Crippen MR) is 119 cm³/mol. The molecule has 3 aromatic rings. The Hall–Kier alpha value is -2.75. The molecule has 0 spiro atoms. The minimum Gasteiger partial charge on any atom is -0.336 e. The van der Waals surface area contributed by atoms with E-state index < -0.39 is 10.0 Å². The summed E-state index contributed by atoms with van der Waals surface area (Å²) in [7, 11) is 1.51. The van der Waals surface area contributed by atoms with Gasteiger partial charge < -0.3 is 9.47 Å². The van der Waals surface area contributed by atoms with Crippen molar-refractivity contribution in [3.63, 3.8) is 0 Å². The van der Waals surface area contributed by atoms with Crippen LogP contribution >= 0.6 is 0 Å². The highest BCUT2D eigenvalue weighted by Crippen LogP contribution is 2.18. The van der Waals surface area contributed by atoms with Gasteiger partial charge in [0.1, 0.15) is 5.82 Å². The Bertz CT molecular complexity index is 1190. The van der Waals surface area contributed by atoms with Gasteiger partial charge in [0.25, 0.3) is 5.91 Å². The minimum absolute atomic E-state index is 0.0730. The fourth-order valence-electron chi connectivity index (χ4n) is 3.81. The first kappa shape index (κ1) is 21.5. The first-order valence-electron chi connectivity index (χ1n) is 10.2. The highest BCUT2D eigenvalue weighted by molar-refractivity contribution is 7.89. The number of aryl methyl sites for hydroxylation is 1. The number of benzene rings is 2. The molecule has 0 unspecified atom stereocenters. The van der Waals surface area contributed by atoms with E-state index in [-0.39, 0.29) is 10.8 Å². The minimum atomic E-state index is -3.50. The van der Waals surface area contributed by atoms with Crippen LogP contribution in [-0.2, 0) is 23.6 Å². The van der Waals surface area contributed by atoms with E-state index in [4.69, 9.17) is 4.98 Å². The van der Waals surface area contributed by atoms with Crippen molar-refractivity contribution in [2.75, 3.05) is 40.3 Å². The first-order chi connectivity index (χ1) is 14.8. The largest absolute Gasteiger partial charge is 0.336 e. The van der Waals surface area contributed by atoms with Crippen LogP contribution in [0.5, 0.6) is 0 Å². The van der Waals surface area contributed by atoms with E-state index in [9.17, 15) is 13.2 Å². The van der Waals surface area contributed by atoms with E-state index in [2.05, 4.69) is 15.5 Å². The highest BCUT2D eigenvalue weighted by Gasteiger charge is 2.24. The second-order valence-electron chi connectivity index (χ2n) is 7.96. The molecule has 0 N–H and O–H groups in total. The molecule has 1 aliphatic rings. The van der Waals surface area contributed by atoms with E-state index in [0.717, 1.165) is 40.8 Å². The topological polar surface area (TPSA) is 78.8 Å².